The van der Waals surface area contributed by atoms with E-state index in [0.29, 0.717) is 11.6 Å². The predicted octanol–water partition coefficient (Wildman–Crippen LogP) is 1.41. The molecule has 1 aliphatic carbocycles. The first kappa shape index (κ1) is 13.0. The molecule has 5 nitrogen and oxygen atoms in total. The Kier molecular flexibility index (Phi) is 3.91. The van der Waals surface area contributed by atoms with Gasteiger partial charge in [0.25, 0.3) is 0 Å². The minimum absolute atomic E-state index is 0.125. The second-order valence-corrected chi connectivity index (χ2v) is 4.80. The molecular weight excluding hydrogens is 230 g/mol. The summed E-state index contributed by atoms with van der Waals surface area (Å²) in [5.41, 5.74) is 6.28. The first-order valence-corrected chi connectivity index (χ1v) is 6.35. The van der Waals surface area contributed by atoms with Crippen LogP contribution in [-0.2, 0) is 0 Å². The number of likely N-dealkylation sites (N-methyl/N-ethyl adjacent to an activating group) is 1. The normalized spacial score (nSPS) is 23.7. The van der Waals surface area contributed by atoms with Crippen molar-refractivity contribution < 1.29 is 9.84 Å². The zero-order chi connectivity index (χ0) is 13.1. The minimum Gasteiger partial charge on any atom is -0.479 e. The number of hydrogen-bond acceptors (Lipinski definition) is 5. The number of aliphatic hydroxyl groups is 1. The van der Waals surface area contributed by atoms with Gasteiger partial charge in [0.05, 0.1) is 24.9 Å². The number of hydrogen-bond donors (Lipinski definition) is 2. The standard InChI is InChI=1S/C13H21N3O2/c1-16(10-5-3-4-6-11(10)17)12-8-7-9(14)13(15-12)18-2/h7-8,10-11,17H,3-6,14H2,1-2H3. The molecule has 0 aromatic carbocycles. The number of methoxy groups -OCH3 is 1. The average Bonchev–Trinajstić information content (AvgIpc) is 2.39. The van der Waals surface area contributed by atoms with Crippen LogP contribution in [0.3, 0.4) is 0 Å². The summed E-state index contributed by atoms with van der Waals surface area (Å²) in [6, 6.07) is 3.77. The summed E-state index contributed by atoms with van der Waals surface area (Å²) in [4.78, 5) is 6.39. The van der Waals surface area contributed by atoms with Crippen LogP contribution in [0.25, 0.3) is 0 Å². The fourth-order valence-corrected chi connectivity index (χ4v) is 2.51. The molecular formula is C13H21N3O2. The van der Waals surface area contributed by atoms with Gasteiger partial charge >= 0.3 is 0 Å². The van der Waals surface area contributed by atoms with Crippen molar-refractivity contribution in [2.75, 3.05) is 24.8 Å². The van der Waals surface area contributed by atoms with Gasteiger partial charge in [0, 0.05) is 7.05 Å². The van der Waals surface area contributed by atoms with Crippen molar-refractivity contribution in [3.63, 3.8) is 0 Å². The van der Waals surface area contributed by atoms with Crippen molar-refractivity contribution in [2.45, 2.75) is 37.8 Å². The lowest BCUT2D eigenvalue weighted by Gasteiger charge is -2.36. The van der Waals surface area contributed by atoms with Crippen LogP contribution < -0.4 is 15.4 Å². The van der Waals surface area contributed by atoms with Crippen molar-refractivity contribution in [3.05, 3.63) is 12.1 Å². The molecule has 1 saturated carbocycles. The number of nitrogens with zero attached hydrogens (tertiary/aromatic N) is 2. The fourth-order valence-electron chi connectivity index (χ4n) is 2.51. The Labute approximate surface area is 108 Å². The topological polar surface area (TPSA) is 71.6 Å². The Balaban J connectivity index is 2.19. The monoisotopic (exact) mass is 251 g/mol. The fraction of sp³-hybridized carbons (Fsp3) is 0.615. The molecule has 1 heterocycles. The van der Waals surface area contributed by atoms with E-state index in [1.54, 1.807) is 13.2 Å². The highest BCUT2D eigenvalue weighted by molar-refractivity contribution is 5.54. The Hall–Kier alpha value is -1.49. The highest BCUT2D eigenvalue weighted by atomic mass is 16.5. The third-order valence-corrected chi connectivity index (χ3v) is 3.62. The zero-order valence-electron chi connectivity index (χ0n) is 11.0. The van der Waals surface area contributed by atoms with E-state index in [9.17, 15) is 5.11 Å². The molecule has 0 amide bonds. The van der Waals surface area contributed by atoms with E-state index in [1.807, 2.05) is 18.0 Å². The summed E-state index contributed by atoms with van der Waals surface area (Å²) in [5, 5.41) is 10.1. The van der Waals surface area contributed by atoms with Crippen LogP contribution in [-0.4, -0.2) is 36.4 Å². The predicted molar refractivity (Wildman–Crippen MR) is 71.9 cm³/mol. The first-order valence-electron chi connectivity index (χ1n) is 6.35. The van der Waals surface area contributed by atoms with E-state index in [2.05, 4.69) is 4.98 Å². The molecule has 1 aromatic rings. The number of pyridine rings is 1. The highest BCUT2D eigenvalue weighted by Gasteiger charge is 2.27. The lowest BCUT2D eigenvalue weighted by molar-refractivity contribution is 0.106. The van der Waals surface area contributed by atoms with Gasteiger partial charge in [0.2, 0.25) is 5.88 Å². The molecule has 1 aliphatic rings. The number of ether oxygens (including phenoxy) is 1. The Morgan fingerprint density at radius 2 is 2.11 bits per heavy atom. The largest absolute Gasteiger partial charge is 0.479 e. The summed E-state index contributed by atoms with van der Waals surface area (Å²) in [6.07, 6.45) is 3.82. The molecule has 2 atom stereocenters. The molecule has 100 valence electrons. The maximum absolute atomic E-state index is 10.1. The molecule has 2 unspecified atom stereocenters. The van der Waals surface area contributed by atoms with Crippen LogP contribution in [0.1, 0.15) is 25.7 Å². The second kappa shape index (κ2) is 5.44. The van der Waals surface area contributed by atoms with E-state index in [1.165, 1.54) is 0 Å². The van der Waals surface area contributed by atoms with Gasteiger partial charge in [0.1, 0.15) is 5.82 Å². The van der Waals surface area contributed by atoms with Gasteiger partial charge in [0.15, 0.2) is 0 Å². The van der Waals surface area contributed by atoms with Crippen LogP contribution in [0.4, 0.5) is 11.5 Å². The molecule has 18 heavy (non-hydrogen) atoms. The second-order valence-electron chi connectivity index (χ2n) is 4.80. The van der Waals surface area contributed by atoms with Crippen LogP contribution in [0.15, 0.2) is 12.1 Å². The molecule has 0 bridgehead atoms. The SMILES string of the molecule is COc1nc(N(C)C2CCCCC2O)ccc1N. The first-order chi connectivity index (χ1) is 8.63. The van der Waals surface area contributed by atoms with Crippen LogP contribution in [0.2, 0.25) is 0 Å². The highest BCUT2D eigenvalue weighted by Crippen LogP contribution is 2.28. The summed E-state index contributed by atoms with van der Waals surface area (Å²) in [6.45, 7) is 0. The summed E-state index contributed by atoms with van der Waals surface area (Å²) >= 11 is 0. The van der Waals surface area contributed by atoms with Gasteiger partial charge in [-0.2, -0.15) is 4.98 Å². The zero-order valence-corrected chi connectivity index (χ0v) is 11.0. The Morgan fingerprint density at radius 3 is 2.78 bits per heavy atom. The lowest BCUT2D eigenvalue weighted by atomic mass is 9.91. The van der Waals surface area contributed by atoms with Gasteiger partial charge in [-0.1, -0.05) is 12.8 Å². The van der Waals surface area contributed by atoms with Crippen LogP contribution >= 0.6 is 0 Å². The summed E-state index contributed by atoms with van der Waals surface area (Å²) < 4.78 is 5.12. The van der Waals surface area contributed by atoms with Crippen molar-refractivity contribution in [2.24, 2.45) is 0 Å². The summed E-state index contributed by atoms with van der Waals surface area (Å²) in [7, 11) is 3.51. The molecule has 0 spiro atoms. The number of aromatic nitrogens is 1. The van der Waals surface area contributed by atoms with Crippen molar-refractivity contribution in [1.82, 2.24) is 4.98 Å². The van der Waals surface area contributed by atoms with Crippen LogP contribution in [0.5, 0.6) is 5.88 Å². The van der Waals surface area contributed by atoms with Crippen molar-refractivity contribution >= 4 is 11.5 Å². The third kappa shape index (κ3) is 2.51. The van der Waals surface area contributed by atoms with E-state index in [0.717, 1.165) is 31.5 Å². The molecule has 0 aliphatic heterocycles. The summed E-state index contributed by atoms with van der Waals surface area (Å²) in [5.74, 6) is 1.22. The average molecular weight is 251 g/mol. The van der Waals surface area contributed by atoms with Crippen LogP contribution in [0, 0.1) is 0 Å². The number of rotatable bonds is 3. The molecule has 0 radical (unpaired) electrons. The molecule has 0 saturated heterocycles. The molecule has 2 rings (SSSR count). The third-order valence-electron chi connectivity index (χ3n) is 3.62. The van der Waals surface area contributed by atoms with E-state index in [4.69, 9.17) is 10.5 Å². The minimum atomic E-state index is -0.283. The van der Waals surface area contributed by atoms with E-state index < -0.39 is 0 Å². The molecule has 1 fully saturated rings. The number of nitrogen functional groups attached to an aromatic ring is 1. The van der Waals surface area contributed by atoms with E-state index in [-0.39, 0.29) is 12.1 Å². The van der Waals surface area contributed by atoms with Gasteiger partial charge in [-0.3, -0.25) is 0 Å². The van der Waals surface area contributed by atoms with Gasteiger partial charge < -0.3 is 20.5 Å². The Morgan fingerprint density at radius 1 is 1.39 bits per heavy atom. The van der Waals surface area contributed by atoms with Crippen molar-refractivity contribution in [1.29, 1.82) is 0 Å². The van der Waals surface area contributed by atoms with Gasteiger partial charge in [-0.15, -0.1) is 0 Å². The van der Waals surface area contributed by atoms with Gasteiger partial charge in [-0.25, -0.2) is 0 Å². The molecule has 5 heteroatoms. The van der Waals surface area contributed by atoms with Crippen molar-refractivity contribution in [3.8, 4) is 5.88 Å². The maximum atomic E-state index is 10.1. The Bertz CT molecular complexity index is 411. The number of aliphatic hydroxyl groups excluding tert-OH is 1. The molecule has 3 N–H and O–H groups in total. The van der Waals surface area contributed by atoms with Gasteiger partial charge in [-0.05, 0) is 25.0 Å². The molecule has 1 aromatic heterocycles. The number of nitrogens with two attached hydrogens (primary N) is 1. The maximum Gasteiger partial charge on any atom is 0.238 e. The van der Waals surface area contributed by atoms with E-state index >= 15 is 0 Å². The smallest absolute Gasteiger partial charge is 0.238 e. The lowest BCUT2D eigenvalue weighted by Crippen LogP contribution is -2.43. The quantitative estimate of drug-likeness (QED) is 0.850. The number of anilines is 2.